The number of fused-ring (bicyclic) bond motifs is 1. The first kappa shape index (κ1) is 12.7. The third kappa shape index (κ3) is 2.13. The molecule has 4 nitrogen and oxygen atoms in total. The maximum atomic E-state index is 6.06. The minimum atomic E-state index is 0.536. The molecule has 0 fully saturated rings. The Hall–Kier alpha value is -2.36. The zero-order valence-corrected chi connectivity index (χ0v) is 11.7. The van der Waals surface area contributed by atoms with Crippen LogP contribution in [0.4, 0.5) is 5.69 Å². The topological polar surface area (TPSA) is 56.7 Å². The van der Waals surface area contributed by atoms with Crippen molar-refractivity contribution in [2.24, 2.45) is 5.92 Å². The van der Waals surface area contributed by atoms with Crippen LogP contribution < -0.4 is 5.73 Å². The number of nitrogens with two attached hydrogens (primary N) is 1. The van der Waals surface area contributed by atoms with E-state index in [1.165, 1.54) is 0 Å². The van der Waals surface area contributed by atoms with E-state index >= 15 is 0 Å². The van der Waals surface area contributed by atoms with Crippen molar-refractivity contribution in [1.82, 2.24) is 14.5 Å². The summed E-state index contributed by atoms with van der Waals surface area (Å²) < 4.78 is 2.24. The second kappa shape index (κ2) is 4.96. The van der Waals surface area contributed by atoms with Gasteiger partial charge < -0.3 is 10.3 Å². The molecule has 0 bridgehead atoms. The molecule has 0 unspecified atom stereocenters. The number of rotatable bonds is 3. The third-order valence-electron chi connectivity index (χ3n) is 3.30. The quantitative estimate of drug-likeness (QED) is 0.740. The van der Waals surface area contributed by atoms with E-state index < -0.39 is 0 Å². The molecule has 3 rings (SSSR count). The highest BCUT2D eigenvalue weighted by molar-refractivity contribution is 5.90. The fraction of sp³-hybridized carbons (Fsp3) is 0.250. The Bertz CT molecular complexity index is 729. The summed E-state index contributed by atoms with van der Waals surface area (Å²) in [4.78, 5) is 8.82. The molecule has 2 N–H and O–H groups in total. The van der Waals surface area contributed by atoms with Gasteiger partial charge in [-0.1, -0.05) is 19.9 Å². The average Bonchev–Trinajstić information content (AvgIpc) is 2.80. The molecule has 2 heterocycles. The summed E-state index contributed by atoms with van der Waals surface area (Å²) in [6, 6.07) is 9.91. The molecule has 0 radical (unpaired) electrons. The van der Waals surface area contributed by atoms with Gasteiger partial charge in [0.2, 0.25) is 0 Å². The Labute approximate surface area is 118 Å². The average molecular weight is 266 g/mol. The summed E-state index contributed by atoms with van der Waals surface area (Å²) in [5.41, 5.74) is 9.81. The molecule has 1 aromatic carbocycles. The molecular formula is C16H18N4. The minimum Gasteiger partial charge on any atom is -0.397 e. The molecule has 3 aromatic rings. The number of imidazole rings is 1. The van der Waals surface area contributed by atoms with Crippen LogP contribution in [-0.2, 0) is 6.54 Å². The zero-order chi connectivity index (χ0) is 14.1. The van der Waals surface area contributed by atoms with Crippen molar-refractivity contribution in [2.75, 3.05) is 5.73 Å². The second-order valence-electron chi connectivity index (χ2n) is 5.39. The lowest BCUT2D eigenvalue weighted by atomic mass is 10.2. The van der Waals surface area contributed by atoms with Crippen molar-refractivity contribution < 1.29 is 0 Å². The van der Waals surface area contributed by atoms with Gasteiger partial charge in [0.05, 0.1) is 11.2 Å². The van der Waals surface area contributed by atoms with Gasteiger partial charge in [-0.15, -0.1) is 0 Å². The lowest BCUT2D eigenvalue weighted by molar-refractivity contribution is 0.536. The molecule has 0 saturated carbocycles. The number of hydrogen-bond acceptors (Lipinski definition) is 3. The maximum Gasteiger partial charge on any atom is 0.141 e. The molecule has 2 aromatic heterocycles. The van der Waals surface area contributed by atoms with Gasteiger partial charge in [0, 0.05) is 24.5 Å². The first-order valence-electron chi connectivity index (χ1n) is 6.82. The van der Waals surface area contributed by atoms with Gasteiger partial charge in [-0.3, -0.25) is 4.98 Å². The van der Waals surface area contributed by atoms with Gasteiger partial charge in [0.1, 0.15) is 11.3 Å². The van der Waals surface area contributed by atoms with Crippen molar-refractivity contribution >= 4 is 16.7 Å². The Morgan fingerprint density at radius 1 is 1.15 bits per heavy atom. The summed E-state index contributed by atoms with van der Waals surface area (Å²) in [7, 11) is 0. The number of benzene rings is 1. The molecule has 20 heavy (non-hydrogen) atoms. The van der Waals surface area contributed by atoms with E-state index in [1.54, 1.807) is 12.4 Å². The summed E-state index contributed by atoms with van der Waals surface area (Å²) in [5, 5.41) is 0. The van der Waals surface area contributed by atoms with E-state index in [0.717, 1.165) is 34.7 Å². The Kier molecular flexibility index (Phi) is 3.14. The highest BCUT2D eigenvalue weighted by Gasteiger charge is 2.14. The summed E-state index contributed by atoms with van der Waals surface area (Å²) in [6.45, 7) is 5.32. The predicted octanol–water partition coefficient (Wildman–Crippen LogP) is 3.34. The molecule has 0 atom stereocenters. The van der Waals surface area contributed by atoms with E-state index in [1.807, 2.05) is 24.3 Å². The summed E-state index contributed by atoms with van der Waals surface area (Å²) in [6.07, 6.45) is 3.58. The first-order valence-corrected chi connectivity index (χ1v) is 6.82. The normalized spacial score (nSPS) is 11.3. The van der Waals surface area contributed by atoms with E-state index in [-0.39, 0.29) is 0 Å². The predicted molar refractivity (Wildman–Crippen MR) is 82.2 cm³/mol. The highest BCUT2D eigenvalue weighted by atomic mass is 15.1. The highest BCUT2D eigenvalue weighted by Crippen LogP contribution is 2.28. The third-order valence-corrected chi connectivity index (χ3v) is 3.30. The molecule has 4 heteroatoms. The number of aromatic nitrogens is 3. The SMILES string of the molecule is CC(C)Cn1c(-c2ccncc2)nc2c(N)cccc21. The Morgan fingerprint density at radius 3 is 2.60 bits per heavy atom. The largest absolute Gasteiger partial charge is 0.397 e. The molecule has 0 saturated heterocycles. The number of hydrogen-bond donors (Lipinski definition) is 1. The van der Waals surface area contributed by atoms with Crippen molar-refractivity contribution in [1.29, 1.82) is 0 Å². The van der Waals surface area contributed by atoms with Gasteiger partial charge in [0.15, 0.2) is 0 Å². The van der Waals surface area contributed by atoms with Gasteiger partial charge >= 0.3 is 0 Å². The Morgan fingerprint density at radius 2 is 1.90 bits per heavy atom. The second-order valence-corrected chi connectivity index (χ2v) is 5.39. The van der Waals surface area contributed by atoms with E-state index in [2.05, 4.69) is 29.5 Å². The molecule has 0 spiro atoms. The van der Waals surface area contributed by atoms with Crippen molar-refractivity contribution in [3.63, 3.8) is 0 Å². The van der Waals surface area contributed by atoms with Crippen molar-refractivity contribution in [2.45, 2.75) is 20.4 Å². The number of anilines is 1. The number of pyridine rings is 1. The van der Waals surface area contributed by atoms with Crippen molar-refractivity contribution in [3.8, 4) is 11.4 Å². The number of nitrogens with zero attached hydrogens (tertiary/aromatic N) is 3. The standard InChI is InChI=1S/C16H18N4/c1-11(2)10-20-14-5-3-4-13(17)15(14)19-16(20)12-6-8-18-9-7-12/h3-9,11H,10,17H2,1-2H3. The molecule has 0 aliphatic rings. The lowest BCUT2D eigenvalue weighted by Gasteiger charge is -2.11. The summed E-state index contributed by atoms with van der Waals surface area (Å²) >= 11 is 0. The van der Waals surface area contributed by atoms with Crippen LogP contribution in [0.25, 0.3) is 22.4 Å². The first-order chi connectivity index (χ1) is 9.66. The molecular weight excluding hydrogens is 248 g/mol. The number of nitrogen functional groups attached to an aromatic ring is 1. The maximum absolute atomic E-state index is 6.06. The van der Waals surface area contributed by atoms with Crippen LogP contribution in [0.15, 0.2) is 42.7 Å². The van der Waals surface area contributed by atoms with Gasteiger partial charge in [-0.2, -0.15) is 0 Å². The molecule has 0 aliphatic heterocycles. The molecule has 0 aliphatic carbocycles. The van der Waals surface area contributed by atoms with Crippen LogP contribution in [-0.4, -0.2) is 14.5 Å². The van der Waals surface area contributed by atoms with Gasteiger partial charge in [-0.05, 0) is 30.2 Å². The molecule has 102 valence electrons. The van der Waals surface area contributed by atoms with E-state index in [9.17, 15) is 0 Å². The minimum absolute atomic E-state index is 0.536. The fourth-order valence-corrected chi connectivity index (χ4v) is 2.44. The van der Waals surface area contributed by atoms with Crippen LogP contribution in [0.3, 0.4) is 0 Å². The molecule has 0 amide bonds. The summed E-state index contributed by atoms with van der Waals surface area (Å²) in [5.74, 6) is 1.49. The Balaban J connectivity index is 2.27. The van der Waals surface area contributed by atoms with Crippen LogP contribution in [0.1, 0.15) is 13.8 Å². The van der Waals surface area contributed by atoms with Gasteiger partial charge in [-0.25, -0.2) is 4.98 Å². The van der Waals surface area contributed by atoms with Crippen molar-refractivity contribution in [3.05, 3.63) is 42.7 Å². The van der Waals surface area contributed by atoms with Crippen LogP contribution in [0.2, 0.25) is 0 Å². The van der Waals surface area contributed by atoms with Crippen LogP contribution in [0, 0.1) is 5.92 Å². The van der Waals surface area contributed by atoms with Gasteiger partial charge in [0.25, 0.3) is 0 Å². The fourth-order valence-electron chi connectivity index (χ4n) is 2.44. The van der Waals surface area contributed by atoms with Crippen LogP contribution in [0.5, 0.6) is 0 Å². The van der Waals surface area contributed by atoms with Crippen LogP contribution >= 0.6 is 0 Å². The number of para-hydroxylation sites is 1. The monoisotopic (exact) mass is 266 g/mol. The van der Waals surface area contributed by atoms with E-state index in [0.29, 0.717) is 5.92 Å². The lowest BCUT2D eigenvalue weighted by Crippen LogP contribution is -2.06. The smallest absolute Gasteiger partial charge is 0.141 e. The zero-order valence-electron chi connectivity index (χ0n) is 11.7. The van der Waals surface area contributed by atoms with E-state index in [4.69, 9.17) is 10.7 Å².